The Bertz CT molecular complexity index is 924. The minimum absolute atomic E-state index is 0.181. The Morgan fingerprint density at radius 3 is 2.77 bits per heavy atom. The van der Waals surface area contributed by atoms with Crippen molar-refractivity contribution in [3.63, 3.8) is 0 Å². The molecule has 0 aromatic carbocycles. The number of carbonyl (C=O) groups is 1. The van der Waals surface area contributed by atoms with Crippen LogP contribution in [0.5, 0.6) is 0 Å². The topological polar surface area (TPSA) is 42.9 Å². The summed E-state index contributed by atoms with van der Waals surface area (Å²) in [6, 6.07) is 3.83. The van der Waals surface area contributed by atoms with E-state index in [1.807, 2.05) is 17.5 Å². The zero-order valence-corrected chi connectivity index (χ0v) is 17.5. The van der Waals surface area contributed by atoms with Crippen LogP contribution < -0.4 is 0 Å². The van der Waals surface area contributed by atoms with Crippen molar-refractivity contribution in [3.8, 4) is 0 Å². The van der Waals surface area contributed by atoms with Gasteiger partial charge in [-0.05, 0) is 43.7 Å². The van der Waals surface area contributed by atoms with Crippen LogP contribution in [0.4, 0.5) is 0 Å². The predicted octanol–water partition coefficient (Wildman–Crippen LogP) is 6.39. The molecule has 26 heavy (non-hydrogen) atoms. The normalized spacial score (nSPS) is 15.6. The second kappa shape index (κ2) is 7.79. The van der Waals surface area contributed by atoms with Crippen LogP contribution in [0.2, 0.25) is 0 Å². The summed E-state index contributed by atoms with van der Waals surface area (Å²) in [4.78, 5) is 25.5. The van der Waals surface area contributed by atoms with E-state index >= 15 is 0 Å². The van der Waals surface area contributed by atoms with Crippen molar-refractivity contribution in [2.24, 2.45) is 0 Å². The van der Waals surface area contributed by atoms with Crippen LogP contribution in [0.1, 0.15) is 64.0 Å². The highest BCUT2D eigenvalue weighted by Gasteiger charge is 2.22. The van der Waals surface area contributed by atoms with E-state index in [1.165, 1.54) is 53.9 Å². The lowest BCUT2D eigenvalue weighted by molar-refractivity contribution is 0.102. The second-order valence-electron chi connectivity index (χ2n) is 6.87. The molecule has 4 rings (SSSR count). The average Bonchev–Trinajstić information content (AvgIpc) is 3.29. The number of carbonyl (C=O) groups excluding carboxylic acids is 1. The van der Waals surface area contributed by atoms with Crippen LogP contribution >= 0.6 is 34.4 Å². The van der Waals surface area contributed by atoms with Gasteiger partial charge in [0.2, 0.25) is 0 Å². The third kappa shape index (κ3) is 3.59. The van der Waals surface area contributed by atoms with Gasteiger partial charge in [0.25, 0.3) is 0 Å². The zero-order chi connectivity index (χ0) is 18.1. The van der Waals surface area contributed by atoms with Gasteiger partial charge in [-0.15, -0.1) is 22.7 Å². The van der Waals surface area contributed by atoms with Crippen molar-refractivity contribution in [1.29, 1.82) is 0 Å². The summed E-state index contributed by atoms with van der Waals surface area (Å²) in [5, 5.41) is 4.09. The van der Waals surface area contributed by atoms with Crippen LogP contribution in [0.25, 0.3) is 10.2 Å². The van der Waals surface area contributed by atoms with E-state index in [2.05, 4.69) is 13.8 Å². The van der Waals surface area contributed by atoms with Crippen LogP contribution in [-0.2, 0) is 0 Å². The molecule has 1 saturated carbocycles. The van der Waals surface area contributed by atoms with Gasteiger partial charge in [-0.25, -0.2) is 9.97 Å². The molecule has 0 amide bonds. The molecule has 0 radical (unpaired) electrons. The lowest BCUT2D eigenvalue weighted by Crippen LogP contribution is -2.09. The number of hydrogen-bond acceptors (Lipinski definition) is 6. The number of fused-ring (bicyclic) bond motifs is 1. The van der Waals surface area contributed by atoms with Gasteiger partial charge in [-0.1, -0.05) is 37.1 Å². The standard InChI is InChI=1S/C20H22N2OS3/c1-12-13(2)26-20-17(12)19(25-11-15(23)16-9-6-10-24-16)21-18(22-20)14-7-4-3-5-8-14/h6,9-10,14H,3-5,7-8,11H2,1-2H3. The molecule has 3 nitrogen and oxygen atoms in total. The summed E-state index contributed by atoms with van der Waals surface area (Å²) >= 11 is 4.84. The van der Waals surface area contributed by atoms with Gasteiger partial charge < -0.3 is 0 Å². The fraction of sp³-hybridized carbons (Fsp3) is 0.450. The van der Waals surface area contributed by atoms with E-state index in [1.54, 1.807) is 23.1 Å². The van der Waals surface area contributed by atoms with E-state index in [4.69, 9.17) is 9.97 Å². The molecule has 0 N–H and O–H groups in total. The first kappa shape index (κ1) is 18.1. The highest BCUT2D eigenvalue weighted by molar-refractivity contribution is 8.00. The predicted molar refractivity (Wildman–Crippen MR) is 112 cm³/mol. The summed E-state index contributed by atoms with van der Waals surface area (Å²) in [6.07, 6.45) is 6.24. The number of hydrogen-bond donors (Lipinski definition) is 0. The molecule has 0 spiro atoms. The summed E-state index contributed by atoms with van der Waals surface area (Å²) < 4.78 is 0. The lowest BCUT2D eigenvalue weighted by atomic mass is 9.89. The number of ketones is 1. The molecule has 0 bridgehead atoms. The maximum atomic E-state index is 12.4. The number of rotatable bonds is 5. The monoisotopic (exact) mass is 402 g/mol. The summed E-state index contributed by atoms with van der Waals surface area (Å²) in [6.45, 7) is 4.29. The Hall–Kier alpha value is -1.24. The number of nitrogens with zero attached hydrogens (tertiary/aromatic N) is 2. The highest BCUT2D eigenvalue weighted by atomic mass is 32.2. The van der Waals surface area contributed by atoms with Gasteiger partial charge in [0.1, 0.15) is 15.7 Å². The summed E-state index contributed by atoms with van der Waals surface area (Å²) in [5.41, 5.74) is 1.26. The van der Waals surface area contributed by atoms with Crippen molar-refractivity contribution in [2.45, 2.75) is 56.9 Å². The molecule has 1 fully saturated rings. The molecule has 0 saturated heterocycles. The van der Waals surface area contributed by atoms with Crippen LogP contribution in [-0.4, -0.2) is 21.5 Å². The Morgan fingerprint density at radius 2 is 2.04 bits per heavy atom. The Balaban J connectivity index is 1.67. The minimum atomic E-state index is 0.181. The van der Waals surface area contributed by atoms with E-state index in [-0.39, 0.29) is 5.78 Å². The lowest BCUT2D eigenvalue weighted by Gasteiger charge is -2.20. The average molecular weight is 403 g/mol. The molecule has 136 valence electrons. The first-order valence-electron chi connectivity index (χ1n) is 9.10. The molecule has 0 unspecified atom stereocenters. The van der Waals surface area contributed by atoms with Crippen molar-refractivity contribution in [3.05, 3.63) is 38.7 Å². The van der Waals surface area contributed by atoms with Crippen molar-refractivity contribution in [1.82, 2.24) is 9.97 Å². The fourth-order valence-corrected chi connectivity index (χ4v) is 6.35. The number of Topliss-reactive ketones (excluding diaryl/α,β-unsaturated/α-hetero) is 1. The molecule has 6 heteroatoms. The van der Waals surface area contributed by atoms with E-state index in [0.717, 1.165) is 25.9 Å². The SMILES string of the molecule is Cc1sc2nc(C3CCCCC3)nc(SCC(=O)c3cccs3)c2c1C. The number of thiophene rings is 2. The Morgan fingerprint density at radius 1 is 1.23 bits per heavy atom. The smallest absolute Gasteiger partial charge is 0.183 e. The van der Waals surface area contributed by atoms with Crippen LogP contribution in [0.3, 0.4) is 0 Å². The minimum Gasteiger partial charge on any atom is -0.292 e. The molecule has 0 aliphatic heterocycles. The number of aromatic nitrogens is 2. The molecular formula is C20H22N2OS3. The molecule has 1 aliphatic rings. The maximum absolute atomic E-state index is 12.4. The maximum Gasteiger partial charge on any atom is 0.183 e. The van der Waals surface area contributed by atoms with Gasteiger partial charge in [-0.3, -0.25) is 4.79 Å². The third-order valence-electron chi connectivity index (χ3n) is 5.12. The van der Waals surface area contributed by atoms with Crippen LogP contribution in [0.15, 0.2) is 22.5 Å². The largest absolute Gasteiger partial charge is 0.292 e. The van der Waals surface area contributed by atoms with Gasteiger partial charge in [0.15, 0.2) is 5.78 Å². The van der Waals surface area contributed by atoms with Gasteiger partial charge in [0, 0.05) is 16.2 Å². The zero-order valence-electron chi connectivity index (χ0n) is 15.1. The van der Waals surface area contributed by atoms with Gasteiger partial charge in [-0.2, -0.15) is 0 Å². The highest BCUT2D eigenvalue weighted by Crippen LogP contribution is 2.38. The fourth-order valence-electron chi connectivity index (χ4n) is 3.52. The molecule has 3 aromatic heterocycles. The molecule has 3 heterocycles. The molecule has 3 aromatic rings. The summed E-state index contributed by atoms with van der Waals surface area (Å²) in [7, 11) is 0. The Labute approximate surface area is 166 Å². The van der Waals surface area contributed by atoms with Crippen molar-refractivity contribution in [2.75, 3.05) is 5.75 Å². The van der Waals surface area contributed by atoms with Crippen LogP contribution in [0, 0.1) is 13.8 Å². The van der Waals surface area contributed by atoms with Crippen molar-refractivity contribution >= 4 is 50.4 Å². The Kier molecular flexibility index (Phi) is 5.43. The molecule has 1 aliphatic carbocycles. The number of thioether (sulfide) groups is 1. The summed E-state index contributed by atoms with van der Waals surface area (Å²) in [5.74, 6) is 2.08. The van der Waals surface area contributed by atoms with Gasteiger partial charge in [0.05, 0.1) is 10.6 Å². The molecule has 0 atom stereocenters. The number of aryl methyl sites for hydroxylation is 2. The first-order chi connectivity index (χ1) is 12.6. The van der Waals surface area contributed by atoms with Gasteiger partial charge >= 0.3 is 0 Å². The second-order valence-corrected chi connectivity index (χ2v) is 9.99. The van der Waals surface area contributed by atoms with E-state index < -0.39 is 0 Å². The quantitative estimate of drug-likeness (QED) is 0.282. The first-order valence-corrected chi connectivity index (χ1v) is 11.8. The van der Waals surface area contributed by atoms with Crippen molar-refractivity contribution < 1.29 is 4.79 Å². The molecular weight excluding hydrogens is 380 g/mol. The third-order valence-corrected chi connectivity index (χ3v) is 8.11. The van der Waals surface area contributed by atoms with E-state index in [0.29, 0.717) is 11.7 Å². The van der Waals surface area contributed by atoms with E-state index in [9.17, 15) is 4.79 Å².